The molecule has 17 heavy (non-hydrogen) atoms. The minimum absolute atomic E-state index is 0.728. The Morgan fingerprint density at radius 3 is 3.06 bits per heavy atom. The number of nitrogens with zero attached hydrogens (tertiary/aromatic N) is 3. The molecule has 0 radical (unpaired) electrons. The predicted molar refractivity (Wildman–Crippen MR) is 67.2 cm³/mol. The van der Waals surface area contributed by atoms with Crippen LogP contribution in [0.15, 0.2) is 36.2 Å². The maximum absolute atomic E-state index is 5.17. The van der Waals surface area contributed by atoms with E-state index in [0.717, 1.165) is 27.2 Å². The number of rotatable bonds is 2. The number of aromatic nitrogens is 3. The first kappa shape index (κ1) is 10.2. The largest absolute Gasteiger partial charge is 0.495 e. The Hall–Kier alpha value is -2.01. The molecule has 0 amide bonds. The van der Waals surface area contributed by atoms with Gasteiger partial charge in [0.15, 0.2) is 0 Å². The summed E-state index contributed by atoms with van der Waals surface area (Å²) in [6.07, 6.45) is 5.03. The lowest BCUT2D eigenvalue weighted by Crippen LogP contribution is -1.89. The Kier molecular flexibility index (Phi) is 2.45. The van der Waals surface area contributed by atoms with Crippen LogP contribution in [0.4, 0.5) is 0 Å². The van der Waals surface area contributed by atoms with Crippen LogP contribution in [0.3, 0.4) is 0 Å². The van der Waals surface area contributed by atoms with Crippen molar-refractivity contribution < 1.29 is 4.74 Å². The molecule has 0 aliphatic carbocycles. The molecule has 0 aliphatic rings. The second kappa shape index (κ2) is 4.10. The fraction of sp³-hybridized carbons (Fsp3) is 0.0833. The van der Waals surface area contributed by atoms with Gasteiger partial charge < -0.3 is 4.74 Å². The lowest BCUT2D eigenvalue weighted by Gasteiger charge is -2.03. The van der Waals surface area contributed by atoms with E-state index in [4.69, 9.17) is 4.74 Å². The third-order valence-electron chi connectivity index (χ3n) is 2.47. The molecule has 0 saturated heterocycles. The number of hydrogen-bond acceptors (Lipinski definition) is 5. The van der Waals surface area contributed by atoms with E-state index in [0.29, 0.717) is 0 Å². The number of methoxy groups -OCH3 is 1. The van der Waals surface area contributed by atoms with Gasteiger partial charge in [-0.3, -0.25) is 4.98 Å². The van der Waals surface area contributed by atoms with E-state index in [1.165, 1.54) is 0 Å². The van der Waals surface area contributed by atoms with Crippen molar-refractivity contribution in [3.63, 3.8) is 0 Å². The van der Waals surface area contributed by atoms with Gasteiger partial charge in [0.1, 0.15) is 12.1 Å². The molecule has 3 aromatic rings. The van der Waals surface area contributed by atoms with Gasteiger partial charge in [0.2, 0.25) is 0 Å². The van der Waals surface area contributed by atoms with E-state index in [2.05, 4.69) is 15.0 Å². The summed E-state index contributed by atoms with van der Waals surface area (Å²) in [5.74, 6) is 0.728. The van der Waals surface area contributed by atoms with Gasteiger partial charge in [-0.15, -0.1) is 11.3 Å². The van der Waals surface area contributed by atoms with Gasteiger partial charge in [-0.2, -0.15) is 0 Å². The highest BCUT2D eigenvalue weighted by molar-refractivity contribution is 7.17. The minimum Gasteiger partial charge on any atom is -0.495 e. The van der Waals surface area contributed by atoms with Gasteiger partial charge in [-0.05, 0) is 17.5 Å². The molecule has 5 heteroatoms. The molecule has 4 nitrogen and oxygen atoms in total. The SMILES string of the molecule is COc1cncc(-c2ncnc3ccsc23)c1. The predicted octanol–water partition coefficient (Wildman–Crippen LogP) is 2.76. The molecular formula is C12H9N3OS. The van der Waals surface area contributed by atoms with E-state index in [1.54, 1.807) is 37.2 Å². The zero-order chi connectivity index (χ0) is 11.7. The van der Waals surface area contributed by atoms with Gasteiger partial charge in [0, 0.05) is 11.8 Å². The van der Waals surface area contributed by atoms with Crippen LogP contribution in [0.5, 0.6) is 5.75 Å². The van der Waals surface area contributed by atoms with Crippen LogP contribution in [0.25, 0.3) is 21.5 Å². The first-order valence-electron chi connectivity index (χ1n) is 5.06. The first-order chi connectivity index (χ1) is 8.38. The lowest BCUT2D eigenvalue weighted by molar-refractivity contribution is 0.413. The minimum atomic E-state index is 0.728. The van der Waals surface area contributed by atoms with E-state index >= 15 is 0 Å². The molecule has 84 valence electrons. The van der Waals surface area contributed by atoms with Gasteiger partial charge in [-0.25, -0.2) is 9.97 Å². The number of pyridine rings is 1. The van der Waals surface area contributed by atoms with Crippen molar-refractivity contribution in [1.29, 1.82) is 0 Å². The lowest BCUT2D eigenvalue weighted by atomic mass is 10.2. The molecule has 3 aromatic heterocycles. The molecule has 0 spiro atoms. The summed E-state index contributed by atoms with van der Waals surface area (Å²) in [6.45, 7) is 0. The molecule has 0 aromatic carbocycles. The van der Waals surface area contributed by atoms with Gasteiger partial charge >= 0.3 is 0 Å². The Morgan fingerprint density at radius 2 is 2.18 bits per heavy atom. The molecule has 0 N–H and O–H groups in total. The normalized spacial score (nSPS) is 10.6. The average Bonchev–Trinajstić information content (AvgIpc) is 2.87. The fourth-order valence-electron chi connectivity index (χ4n) is 1.65. The molecule has 3 rings (SSSR count). The van der Waals surface area contributed by atoms with Crippen molar-refractivity contribution in [2.45, 2.75) is 0 Å². The topological polar surface area (TPSA) is 47.9 Å². The molecule has 0 aliphatic heterocycles. The number of ether oxygens (including phenoxy) is 1. The van der Waals surface area contributed by atoms with Crippen molar-refractivity contribution in [3.05, 3.63) is 36.2 Å². The molecule has 0 atom stereocenters. The van der Waals surface area contributed by atoms with Crippen molar-refractivity contribution >= 4 is 21.6 Å². The van der Waals surface area contributed by atoms with Gasteiger partial charge in [0.25, 0.3) is 0 Å². The van der Waals surface area contributed by atoms with Crippen LogP contribution >= 0.6 is 11.3 Å². The van der Waals surface area contributed by atoms with Crippen molar-refractivity contribution in [3.8, 4) is 17.0 Å². The average molecular weight is 243 g/mol. The molecule has 0 bridgehead atoms. The maximum Gasteiger partial charge on any atom is 0.137 e. The number of hydrogen-bond donors (Lipinski definition) is 0. The van der Waals surface area contributed by atoms with Crippen molar-refractivity contribution in [1.82, 2.24) is 15.0 Å². The summed E-state index contributed by atoms with van der Waals surface area (Å²) < 4.78 is 6.24. The number of thiophene rings is 1. The van der Waals surface area contributed by atoms with Crippen LogP contribution in [0.1, 0.15) is 0 Å². The number of fused-ring (bicyclic) bond motifs is 1. The Labute approximate surface area is 102 Å². The first-order valence-corrected chi connectivity index (χ1v) is 5.94. The summed E-state index contributed by atoms with van der Waals surface area (Å²) in [5, 5.41) is 2.01. The highest BCUT2D eigenvalue weighted by Crippen LogP contribution is 2.30. The van der Waals surface area contributed by atoms with E-state index < -0.39 is 0 Å². The highest BCUT2D eigenvalue weighted by Gasteiger charge is 2.08. The van der Waals surface area contributed by atoms with Crippen LogP contribution in [0, 0.1) is 0 Å². The molecule has 0 saturated carbocycles. The zero-order valence-electron chi connectivity index (χ0n) is 9.12. The Bertz CT molecular complexity index is 665. The quantitative estimate of drug-likeness (QED) is 0.694. The summed E-state index contributed by atoms with van der Waals surface area (Å²) in [5.41, 5.74) is 2.80. The van der Waals surface area contributed by atoms with E-state index in [1.807, 2.05) is 17.5 Å². The smallest absolute Gasteiger partial charge is 0.137 e. The molecule has 0 unspecified atom stereocenters. The Balaban J connectivity index is 2.23. The molecule has 0 fully saturated rings. The fourth-order valence-corrected chi connectivity index (χ4v) is 2.51. The van der Waals surface area contributed by atoms with Crippen LogP contribution in [-0.4, -0.2) is 22.1 Å². The summed E-state index contributed by atoms with van der Waals surface area (Å²) in [7, 11) is 1.63. The van der Waals surface area contributed by atoms with Crippen molar-refractivity contribution in [2.75, 3.05) is 7.11 Å². The summed E-state index contributed by atoms with van der Waals surface area (Å²) in [4.78, 5) is 12.7. The Morgan fingerprint density at radius 1 is 1.24 bits per heavy atom. The van der Waals surface area contributed by atoms with Gasteiger partial charge in [-0.1, -0.05) is 0 Å². The molecule has 3 heterocycles. The zero-order valence-corrected chi connectivity index (χ0v) is 9.94. The highest BCUT2D eigenvalue weighted by atomic mass is 32.1. The van der Waals surface area contributed by atoms with Crippen LogP contribution < -0.4 is 4.74 Å². The maximum atomic E-state index is 5.17. The summed E-state index contributed by atoms with van der Waals surface area (Å²) in [6, 6.07) is 3.91. The van der Waals surface area contributed by atoms with Crippen LogP contribution in [0.2, 0.25) is 0 Å². The van der Waals surface area contributed by atoms with Crippen LogP contribution in [-0.2, 0) is 0 Å². The van der Waals surface area contributed by atoms with E-state index in [-0.39, 0.29) is 0 Å². The third-order valence-corrected chi connectivity index (χ3v) is 3.38. The second-order valence-electron chi connectivity index (χ2n) is 3.47. The van der Waals surface area contributed by atoms with Crippen molar-refractivity contribution in [2.24, 2.45) is 0 Å². The van der Waals surface area contributed by atoms with E-state index in [9.17, 15) is 0 Å². The summed E-state index contributed by atoms with van der Waals surface area (Å²) >= 11 is 1.63. The molecular weight excluding hydrogens is 234 g/mol. The standard InChI is InChI=1S/C12H9N3OS/c1-16-9-4-8(5-13-6-9)11-12-10(2-3-17-12)14-7-15-11/h2-7H,1H3. The second-order valence-corrected chi connectivity index (χ2v) is 4.39. The third kappa shape index (κ3) is 1.74. The van der Waals surface area contributed by atoms with Gasteiger partial charge in [0.05, 0.1) is 29.2 Å². The monoisotopic (exact) mass is 243 g/mol.